The molecule has 0 aromatic carbocycles. The number of oxime groups is 1. The van der Waals surface area contributed by atoms with Crippen molar-refractivity contribution in [3.05, 3.63) is 0 Å². The van der Waals surface area contributed by atoms with Crippen molar-refractivity contribution >= 4 is 5.84 Å². The first-order valence-corrected chi connectivity index (χ1v) is 6.69. The minimum Gasteiger partial charge on any atom is -0.409 e. The van der Waals surface area contributed by atoms with Crippen molar-refractivity contribution in [2.24, 2.45) is 16.3 Å². The molecule has 0 aromatic heterocycles. The highest BCUT2D eigenvalue weighted by atomic mass is 16.4. The summed E-state index contributed by atoms with van der Waals surface area (Å²) in [4.78, 5) is 2.51. The minimum atomic E-state index is 0.348. The maximum absolute atomic E-state index is 8.66. The molecule has 0 saturated carbocycles. The van der Waals surface area contributed by atoms with E-state index in [-0.39, 0.29) is 0 Å². The maximum Gasteiger partial charge on any atom is 0.140 e. The zero-order valence-electron chi connectivity index (χ0n) is 11.4. The normalized spacial score (nSPS) is 24.3. The Hall–Kier alpha value is -0.770. The van der Waals surface area contributed by atoms with E-state index >= 15 is 0 Å². The molecule has 4 heteroatoms. The van der Waals surface area contributed by atoms with Crippen molar-refractivity contribution in [3.63, 3.8) is 0 Å². The number of amidine groups is 1. The van der Waals surface area contributed by atoms with Gasteiger partial charge in [0.1, 0.15) is 5.84 Å². The zero-order valence-corrected chi connectivity index (χ0v) is 11.4. The van der Waals surface area contributed by atoms with Crippen molar-refractivity contribution in [2.45, 2.75) is 58.9 Å². The van der Waals surface area contributed by atoms with Crippen molar-refractivity contribution in [1.82, 2.24) is 4.90 Å². The summed E-state index contributed by atoms with van der Waals surface area (Å²) in [5, 5.41) is 11.8. The minimum absolute atomic E-state index is 0.348. The second-order valence-electron chi connectivity index (χ2n) is 5.91. The molecular weight excluding hydrogens is 214 g/mol. The highest BCUT2D eigenvalue weighted by molar-refractivity contribution is 5.80. The molecule has 1 unspecified atom stereocenters. The summed E-state index contributed by atoms with van der Waals surface area (Å²) in [6.07, 6.45) is 5.51. The Morgan fingerprint density at radius 3 is 2.71 bits per heavy atom. The molecule has 4 nitrogen and oxygen atoms in total. The molecule has 0 aromatic rings. The van der Waals surface area contributed by atoms with E-state index in [0.717, 1.165) is 19.5 Å². The largest absolute Gasteiger partial charge is 0.409 e. The lowest BCUT2D eigenvalue weighted by molar-refractivity contribution is 0.192. The van der Waals surface area contributed by atoms with Crippen LogP contribution in [0.3, 0.4) is 0 Å². The van der Waals surface area contributed by atoms with Gasteiger partial charge in [-0.3, -0.25) is 4.90 Å². The SMILES string of the molecule is CCC(CC(N)=NO)N1CCCC(C)(C)CC1. The van der Waals surface area contributed by atoms with Crippen LogP contribution in [0.15, 0.2) is 5.16 Å². The molecule has 1 fully saturated rings. The van der Waals surface area contributed by atoms with E-state index < -0.39 is 0 Å². The van der Waals surface area contributed by atoms with Gasteiger partial charge in [0.15, 0.2) is 0 Å². The molecular formula is C13H27N3O. The Kier molecular flexibility index (Phi) is 5.25. The summed E-state index contributed by atoms with van der Waals surface area (Å²) in [6, 6.07) is 0.416. The molecule has 17 heavy (non-hydrogen) atoms. The summed E-state index contributed by atoms with van der Waals surface area (Å²) in [5.74, 6) is 0.348. The van der Waals surface area contributed by atoms with Gasteiger partial charge in [-0.15, -0.1) is 0 Å². The quantitative estimate of drug-likeness (QED) is 0.344. The van der Waals surface area contributed by atoms with Gasteiger partial charge in [-0.2, -0.15) is 0 Å². The van der Waals surface area contributed by atoms with Crippen molar-refractivity contribution in [1.29, 1.82) is 0 Å². The second-order valence-corrected chi connectivity index (χ2v) is 5.91. The van der Waals surface area contributed by atoms with Crippen LogP contribution in [0, 0.1) is 5.41 Å². The average Bonchev–Trinajstić information content (AvgIpc) is 2.47. The van der Waals surface area contributed by atoms with Gasteiger partial charge in [-0.25, -0.2) is 0 Å². The van der Waals surface area contributed by atoms with Crippen LogP contribution in [-0.4, -0.2) is 35.1 Å². The third-order valence-corrected chi connectivity index (χ3v) is 3.94. The summed E-state index contributed by atoms with van der Waals surface area (Å²) in [5.41, 5.74) is 6.08. The van der Waals surface area contributed by atoms with Crippen LogP contribution in [-0.2, 0) is 0 Å². The van der Waals surface area contributed by atoms with Crippen molar-refractivity contribution in [3.8, 4) is 0 Å². The Bertz CT molecular complexity index is 263. The molecule has 100 valence electrons. The van der Waals surface area contributed by atoms with Gasteiger partial charge in [0.25, 0.3) is 0 Å². The van der Waals surface area contributed by atoms with Gasteiger partial charge >= 0.3 is 0 Å². The Balaban J connectivity index is 2.57. The number of hydrogen-bond acceptors (Lipinski definition) is 3. The molecule has 1 aliphatic rings. The smallest absolute Gasteiger partial charge is 0.140 e. The zero-order chi connectivity index (χ0) is 12.9. The number of nitrogens with two attached hydrogens (primary N) is 1. The van der Waals surface area contributed by atoms with E-state index in [0.29, 0.717) is 23.7 Å². The average molecular weight is 241 g/mol. The third kappa shape index (κ3) is 4.54. The Morgan fingerprint density at radius 1 is 1.41 bits per heavy atom. The van der Waals surface area contributed by atoms with E-state index in [9.17, 15) is 0 Å². The fraction of sp³-hybridized carbons (Fsp3) is 0.923. The summed E-state index contributed by atoms with van der Waals surface area (Å²) in [7, 11) is 0. The van der Waals surface area contributed by atoms with Gasteiger partial charge in [-0.1, -0.05) is 25.9 Å². The fourth-order valence-electron chi connectivity index (χ4n) is 2.62. The molecule has 1 aliphatic heterocycles. The monoisotopic (exact) mass is 241 g/mol. The van der Waals surface area contributed by atoms with Crippen LogP contribution in [0.2, 0.25) is 0 Å². The van der Waals surface area contributed by atoms with E-state index in [4.69, 9.17) is 10.9 Å². The lowest BCUT2D eigenvalue weighted by Gasteiger charge is -2.30. The van der Waals surface area contributed by atoms with E-state index in [1.54, 1.807) is 0 Å². The molecule has 0 amide bonds. The summed E-state index contributed by atoms with van der Waals surface area (Å²) < 4.78 is 0. The first kappa shape index (κ1) is 14.3. The summed E-state index contributed by atoms with van der Waals surface area (Å²) in [6.45, 7) is 9.14. The van der Waals surface area contributed by atoms with Gasteiger partial charge in [0.05, 0.1) is 0 Å². The van der Waals surface area contributed by atoms with Crippen LogP contribution in [0.25, 0.3) is 0 Å². The standard InChI is InChI=1S/C13H27N3O/c1-4-11(10-12(14)15-17)16-8-5-6-13(2,3)7-9-16/h11,17H,4-10H2,1-3H3,(H2,14,15). The van der Waals surface area contributed by atoms with Crippen molar-refractivity contribution < 1.29 is 5.21 Å². The number of nitrogens with zero attached hydrogens (tertiary/aromatic N) is 2. The van der Waals surface area contributed by atoms with Gasteiger partial charge in [0, 0.05) is 12.5 Å². The summed E-state index contributed by atoms with van der Waals surface area (Å²) >= 11 is 0. The van der Waals surface area contributed by atoms with Gasteiger partial charge in [-0.05, 0) is 44.2 Å². The first-order valence-electron chi connectivity index (χ1n) is 6.69. The third-order valence-electron chi connectivity index (χ3n) is 3.94. The molecule has 1 rings (SSSR count). The van der Waals surface area contributed by atoms with E-state index in [1.807, 2.05) is 0 Å². The van der Waals surface area contributed by atoms with Gasteiger partial charge < -0.3 is 10.9 Å². The van der Waals surface area contributed by atoms with Crippen LogP contribution < -0.4 is 5.73 Å². The molecule has 1 atom stereocenters. The second kappa shape index (κ2) is 6.24. The lowest BCUT2D eigenvalue weighted by Crippen LogP contribution is -2.38. The van der Waals surface area contributed by atoms with Gasteiger partial charge in [0.2, 0.25) is 0 Å². The number of hydrogen-bond donors (Lipinski definition) is 2. The first-order chi connectivity index (χ1) is 7.98. The predicted octanol–water partition coefficient (Wildman–Crippen LogP) is 2.41. The van der Waals surface area contributed by atoms with Crippen LogP contribution in [0.5, 0.6) is 0 Å². The Labute approximate surface area is 105 Å². The molecule has 0 spiro atoms. The van der Waals surface area contributed by atoms with Crippen LogP contribution >= 0.6 is 0 Å². The molecule has 0 bridgehead atoms. The van der Waals surface area contributed by atoms with Crippen LogP contribution in [0.1, 0.15) is 52.9 Å². The van der Waals surface area contributed by atoms with E-state index in [2.05, 4.69) is 30.8 Å². The topological polar surface area (TPSA) is 61.9 Å². The number of rotatable bonds is 4. The van der Waals surface area contributed by atoms with Crippen molar-refractivity contribution in [2.75, 3.05) is 13.1 Å². The molecule has 3 N–H and O–H groups in total. The fourth-order valence-corrected chi connectivity index (χ4v) is 2.62. The molecule has 0 aliphatic carbocycles. The highest BCUT2D eigenvalue weighted by Crippen LogP contribution is 2.31. The highest BCUT2D eigenvalue weighted by Gasteiger charge is 2.26. The molecule has 0 radical (unpaired) electrons. The number of likely N-dealkylation sites (tertiary alicyclic amines) is 1. The lowest BCUT2D eigenvalue weighted by atomic mass is 9.85. The Morgan fingerprint density at radius 2 is 2.12 bits per heavy atom. The molecule has 1 heterocycles. The van der Waals surface area contributed by atoms with Crippen LogP contribution in [0.4, 0.5) is 0 Å². The maximum atomic E-state index is 8.66. The van der Waals surface area contributed by atoms with E-state index in [1.165, 1.54) is 19.3 Å². The predicted molar refractivity (Wildman–Crippen MR) is 71.3 cm³/mol. The molecule has 1 saturated heterocycles.